The quantitative estimate of drug-likeness (QED) is 0.672. The highest BCUT2D eigenvalue weighted by molar-refractivity contribution is 5.92. The van der Waals surface area contributed by atoms with Gasteiger partial charge in [-0.1, -0.05) is 0 Å². The lowest BCUT2D eigenvalue weighted by Gasteiger charge is -2.36. The molecule has 10 nitrogen and oxygen atoms in total. The maximum Gasteiger partial charge on any atom is 0.274 e. The fourth-order valence-electron chi connectivity index (χ4n) is 3.81. The second-order valence-electron chi connectivity index (χ2n) is 7.88. The first kappa shape index (κ1) is 20.3. The Kier molecular flexibility index (Phi) is 5.67. The monoisotopic (exact) mass is 412 g/mol. The molecule has 0 radical (unpaired) electrons. The molecule has 160 valence electrons. The number of anilines is 2. The number of piperazine rings is 2. The van der Waals surface area contributed by atoms with Crippen LogP contribution in [0.1, 0.15) is 16.3 Å². The lowest BCUT2D eigenvalue weighted by Crippen LogP contribution is -2.49. The van der Waals surface area contributed by atoms with E-state index in [4.69, 9.17) is 0 Å². The first-order chi connectivity index (χ1) is 14.4. The summed E-state index contributed by atoms with van der Waals surface area (Å²) in [4.78, 5) is 42.1. The van der Waals surface area contributed by atoms with E-state index >= 15 is 0 Å². The molecule has 0 bridgehead atoms. The van der Waals surface area contributed by atoms with Gasteiger partial charge in [0, 0.05) is 71.5 Å². The molecular formula is C20H28N8O2. The highest BCUT2D eigenvalue weighted by Crippen LogP contribution is 2.21. The molecule has 0 N–H and O–H groups in total. The summed E-state index contributed by atoms with van der Waals surface area (Å²) < 4.78 is 1.19. The predicted molar refractivity (Wildman–Crippen MR) is 114 cm³/mol. The Morgan fingerprint density at radius 3 is 2.00 bits per heavy atom. The van der Waals surface area contributed by atoms with Gasteiger partial charge in [0.1, 0.15) is 23.2 Å². The van der Waals surface area contributed by atoms with Crippen LogP contribution in [0.15, 0.2) is 23.0 Å². The summed E-state index contributed by atoms with van der Waals surface area (Å²) in [5.74, 6) is 2.49. The Labute approximate surface area is 175 Å². The van der Waals surface area contributed by atoms with E-state index in [1.165, 1.54) is 16.8 Å². The average molecular weight is 412 g/mol. The fourth-order valence-corrected chi connectivity index (χ4v) is 3.81. The molecule has 0 saturated carbocycles. The number of carbonyl (C=O) groups is 1. The molecule has 4 rings (SSSR count). The molecule has 2 aliphatic rings. The van der Waals surface area contributed by atoms with Gasteiger partial charge in [0.15, 0.2) is 0 Å². The first-order valence-corrected chi connectivity index (χ1v) is 10.3. The van der Waals surface area contributed by atoms with Crippen LogP contribution in [-0.4, -0.2) is 94.9 Å². The van der Waals surface area contributed by atoms with Crippen LogP contribution in [0.5, 0.6) is 0 Å². The molecule has 2 aromatic rings. The summed E-state index contributed by atoms with van der Waals surface area (Å²) in [5.41, 5.74) is 0.0624. The van der Waals surface area contributed by atoms with Gasteiger partial charge in [0.25, 0.3) is 11.5 Å². The van der Waals surface area contributed by atoms with Gasteiger partial charge < -0.3 is 19.6 Å². The average Bonchev–Trinajstić information content (AvgIpc) is 2.75. The van der Waals surface area contributed by atoms with Crippen molar-refractivity contribution in [2.24, 2.45) is 7.05 Å². The molecule has 4 heterocycles. The van der Waals surface area contributed by atoms with Gasteiger partial charge in [-0.25, -0.2) is 14.6 Å². The summed E-state index contributed by atoms with van der Waals surface area (Å²) >= 11 is 0. The minimum Gasteiger partial charge on any atom is -0.354 e. The molecule has 0 unspecified atom stereocenters. The van der Waals surface area contributed by atoms with Crippen LogP contribution < -0.4 is 15.4 Å². The van der Waals surface area contributed by atoms with Crippen molar-refractivity contribution < 1.29 is 4.79 Å². The number of aromatic nitrogens is 4. The Bertz CT molecular complexity index is 975. The molecule has 2 aromatic heterocycles. The molecule has 10 heteroatoms. The molecule has 0 aromatic carbocycles. The van der Waals surface area contributed by atoms with Crippen LogP contribution >= 0.6 is 0 Å². The van der Waals surface area contributed by atoms with Crippen LogP contribution in [-0.2, 0) is 7.05 Å². The number of carbonyl (C=O) groups excluding carboxylic acids is 1. The normalized spacial score (nSPS) is 18.0. The maximum atomic E-state index is 12.7. The van der Waals surface area contributed by atoms with Crippen molar-refractivity contribution in [1.29, 1.82) is 0 Å². The van der Waals surface area contributed by atoms with E-state index in [9.17, 15) is 9.59 Å². The van der Waals surface area contributed by atoms with Gasteiger partial charge in [-0.2, -0.15) is 5.10 Å². The van der Waals surface area contributed by atoms with Crippen molar-refractivity contribution in [3.8, 4) is 0 Å². The van der Waals surface area contributed by atoms with Gasteiger partial charge in [-0.05, 0) is 20.0 Å². The third-order valence-electron chi connectivity index (χ3n) is 5.71. The summed E-state index contributed by atoms with van der Waals surface area (Å²) in [7, 11) is 3.69. The minimum absolute atomic E-state index is 0.151. The third kappa shape index (κ3) is 4.28. The van der Waals surface area contributed by atoms with Crippen LogP contribution in [0.3, 0.4) is 0 Å². The number of nitrogens with zero attached hydrogens (tertiary/aromatic N) is 8. The molecule has 0 aliphatic carbocycles. The van der Waals surface area contributed by atoms with Gasteiger partial charge in [0.05, 0.1) is 0 Å². The predicted octanol–water partition coefficient (Wildman–Crippen LogP) is -0.407. The molecule has 0 spiro atoms. The van der Waals surface area contributed by atoms with Crippen molar-refractivity contribution in [2.45, 2.75) is 6.92 Å². The maximum absolute atomic E-state index is 12.7. The number of amides is 1. The summed E-state index contributed by atoms with van der Waals surface area (Å²) in [6.07, 6.45) is 0. The van der Waals surface area contributed by atoms with E-state index in [1.807, 2.05) is 6.92 Å². The zero-order chi connectivity index (χ0) is 21.3. The van der Waals surface area contributed by atoms with Gasteiger partial charge in [-0.15, -0.1) is 0 Å². The van der Waals surface area contributed by atoms with Crippen molar-refractivity contribution in [2.75, 3.05) is 69.2 Å². The van der Waals surface area contributed by atoms with Crippen LogP contribution in [0.25, 0.3) is 0 Å². The highest BCUT2D eigenvalue weighted by Gasteiger charge is 2.25. The SMILES string of the molecule is Cc1nc(N2CCN(C)CC2)cc(N2CCN(C(=O)c3ccc(=O)n(C)n3)CC2)n1. The Morgan fingerprint density at radius 1 is 0.867 bits per heavy atom. The van der Waals surface area contributed by atoms with Gasteiger partial charge in [0.2, 0.25) is 0 Å². The summed E-state index contributed by atoms with van der Waals surface area (Å²) in [6, 6.07) is 4.93. The van der Waals surface area contributed by atoms with Crippen molar-refractivity contribution in [1.82, 2.24) is 29.5 Å². The summed E-state index contributed by atoms with van der Waals surface area (Å²) in [6.45, 7) is 8.44. The second-order valence-corrected chi connectivity index (χ2v) is 7.88. The molecule has 2 saturated heterocycles. The van der Waals surface area contributed by atoms with Crippen molar-refractivity contribution in [3.05, 3.63) is 40.1 Å². The smallest absolute Gasteiger partial charge is 0.274 e. The molecule has 1 amide bonds. The third-order valence-corrected chi connectivity index (χ3v) is 5.71. The Morgan fingerprint density at radius 2 is 1.43 bits per heavy atom. The molecule has 30 heavy (non-hydrogen) atoms. The lowest BCUT2D eigenvalue weighted by atomic mass is 10.2. The number of likely N-dealkylation sites (N-methyl/N-ethyl adjacent to an activating group) is 1. The minimum atomic E-state index is -0.230. The Balaban J connectivity index is 1.43. The first-order valence-electron chi connectivity index (χ1n) is 10.3. The van der Waals surface area contributed by atoms with Crippen LogP contribution in [0.4, 0.5) is 11.6 Å². The Hall–Kier alpha value is -3.01. The second kappa shape index (κ2) is 8.39. The largest absolute Gasteiger partial charge is 0.354 e. The van der Waals surface area contributed by atoms with Crippen molar-refractivity contribution in [3.63, 3.8) is 0 Å². The molecule has 2 fully saturated rings. The van der Waals surface area contributed by atoms with Crippen LogP contribution in [0.2, 0.25) is 0 Å². The number of aryl methyl sites for hydroxylation is 2. The van der Waals surface area contributed by atoms with E-state index in [1.54, 1.807) is 11.9 Å². The molecule has 0 atom stereocenters. The fraction of sp³-hybridized carbons (Fsp3) is 0.550. The number of rotatable bonds is 3. The topological polar surface area (TPSA) is 90.7 Å². The standard InChI is InChI=1S/C20H28N8O2/c1-15-21-17(26-8-6-24(2)7-9-26)14-18(22-15)27-10-12-28(13-11-27)20(30)16-4-5-19(29)25(3)23-16/h4-5,14H,6-13H2,1-3H3. The zero-order valence-corrected chi connectivity index (χ0v) is 17.8. The van der Waals surface area contributed by atoms with Gasteiger partial charge >= 0.3 is 0 Å². The number of hydrogen-bond donors (Lipinski definition) is 0. The number of hydrogen-bond acceptors (Lipinski definition) is 8. The highest BCUT2D eigenvalue weighted by atomic mass is 16.2. The van der Waals surface area contributed by atoms with E-state index in [0.29, 0.717) is 31.9 Å². The van der Waals surface area contributed by atoms with Crippen molar-refractivity contribution >= 4 is 17.5 Å². The van der Waals surface area contributed by atoms with E-state index in [2.05, 4.69) is 42.9 Å². The van der Waals surface area contributed by atoms with Gasteiger partial charge in [-0.3, -0.25) is 9.59 Å². The van der Waals surface area contributed by atoms with E-state index in [-0.39, 0.29) is 11.5 Å². The van der Waals surface area contributed by atoms with E-state index < -0.39 is 0 Å². The molecule has 2 aliphatic heterocycles. The zero-order valence-electron chi connectivity index (χ0n) is 17.8. The summed E-state index contributed by atoms with van der Waals surface area (Å²) in [5, 5.41) is 4.08. The van der Waals surface area contributed by atoms with E-state index in [0.717, 1.165) is 43.6 Å². The molecular weight excluding hydrogens is 384 g/mol. The lowest BCUT2D eigenvalue weighted by molar-refractivity contribution is 0.0738. The van der Waals surface area contributed by atoms with Crippen LogP contribution in [0, 0.1) is 6.92 Å².